The number of likely N-dealkylation sites (tertiary alicyclic amines) is 2. The molecule has 1 amide bonds. The van der Waals surface area contributed by atoms with E-state index >= 15 is 0 Å². The van der Waals surface area contributed by atoms with E-state index in [-0.39, 0.29) is 0 Å². The van der Waals surface area contributed by atoms with E-state index in [2.05, 4.69) is 44.1 Å². The average molecular weight is 521 g/mol. The number of carbonyl (C=O) groups excluding carboxylic acids is 1. The lowest BCUT2D eigenvalue weighted by molar-refractivity contribution is -0.147. The minimum atomic E-state index is -0.408. The van der Waals surface area contributed by atoms with Crippen molar-refractivity contribution < 1.29 is 9.18 Å². The van der Waals surface area contributed by atoms with Crippen molar-refractivity contribution in [2.45, 2.75) is 6.54 Å². The lowest BCUT2D eigenvalue weighted by Gasteiger charge is -2.59. The number of amides is 1. The Morgan fingerprint density at radius 1 is 0.949 bits per heavy atom. The number of nitrogens with zero attached hydrogens (tertiary/aromatic N) is 7. The lowest BCUT2D eigenvalue weighted by Crippen LogP contribution is -2.71. The standard InChI is InChI=1S/C29H25FN8O/c30-20-5-8-23(33-11-20)25-12-34-24-10-26(22-2-1-9-32-27(22)31)38(28(24)35-25)21-6-3-19(4-7-21)13-36-14-29(15-36)16-37(17-29)18-39/h1-12,18H,13-17H2,(H2,31,32). The highest BCUT2D eigenvalue weighted by atomic mass is 19.1. The van der Waals surface area contributed by atoms with E-state index < -0.39 is 5.82 Å². The Morgan fingerprint density at radius 2 is 1.77 bits per heavy atom. The fraction of sp³-hybridized carbons (Fsp3) is 0.207. The summed E-state index contributed by atoms with van der Waals surface area (Å²) in [5.74, 6) is 0.00376. The second kappa shape index (κ2) is 8.95. The zero-order chi connectivity index (χ0) is 26.6. The number of benzene rings is 1. The number of halogens is 1. The molecule has 2 fully saturated rings. The molecule has 194 valence electrons. The van der Waals surface area contributed by atoms with E-state index in [0.29, 0.717) is 33.8 Å². The Labute approximate surface area is 223 Å². The number of anilines is 1. The molecular formula is C29H25FN8O. The summed E-state index contributed by atoms with van der Waals surface area (Å²) in [5.41, 5.74) is 12.7. The molecule has 0 radical (unpaired) electrons. The molecule has 6 heterocycles. The summed E-state index contributed by atoms with van der Waals surface area (Å²) >= 11 is 0. The van der Waals surface area contributed by atoms with Gasteiger partial charge in [-0.25, -0.2) is 14.4 Å². The molecule has 5 aromatic rings. The molecule has 0 atom stereocenters. The van der Waals surface area contributed by atoms with Crippen molar-refractivity contribution in [2.75, 3.05) is 31.9 Å². The molecule has 0 aliphatic carbocycles. The zero-order valence-corrected chi connectivity index (χ0v) is 21.0. The van der Waals surface area contributed by atoms with Crippen LogP contribution < -0.4 is 5.73 Å². The zero-order valence-electron chi connectivity index (χ0n) is 21.0. The molecule has 0 unspecified atom stereocenters. The van der Waals surface area contributed by atoms with E-state index in [0.717, 1.165) is 56.1 Å². The Morgan fingerprint density at radius 3 is 2.49 bits per heavy atom. The predicted molar refractivity (Wildman–Crippen MR) is 145 cm³/mol. The molecule has 2 aliphatic heterocycles. The number of carbonyl (C=O) groups is 1. The van der Waals surface area contributed by atoms with Gasteiger partial charge in [0.15, 0.2) is 5.65 Å². The summed E-state index contributed by atoms with van der Waals surface area (Å²) in [6.45, 7) is 4.62. The molecule has 2 aliphatic rings. The normalized spacial score (nSPS) is 16.3. The van der Waals surface area contributed by atoms with Crippen molar-refractivity contribution in [3.63, 3.8) is 0 Å². The molecule has 39 heavy (non-hydrogen) atoms. The van der Waals surface area contributed by atoms with Crippen LogP contribution in [-0.2, 0) is 11.3 Å². The van der Waals surface area contributed by atoms with Gasteiger partial charge in [0.05, 0.1) is 23.8 Å². The molecule has 0 bridgehead atoms. The minimum absolute atomic E-state index is 0.291. The molecule has 2 N–H and O–H groups in total. The van der Waals surface area contributed by atoms with Gasteiger partial charge in [0.25, 0.3) is 0 Å². The second-order valence-corrected chi connectivity index (χ2v) is 10.4. The van der Waals surface area contributed by atoms with E-state index in [9.17, 15) is 9.18 Å². The number of rotatable bonds is 6. The summed E-state index contributed by atoms with van der Waals surface area (Å²) in [6, 6.07) is 17.1. The largest absolute Gasteiger partial charge is 0.383 e. The Bertz CT molecular complexity index is 1690. The molecule has 1 spiro atoms. The molecular weight excluding hydrogens is 495 g/mol. The lowest BCUT2D eigenvalue weighted by atomic mass is 9.73. The van der Waals surface area contributed by atoms with Crippen molar-refractivity contribution in [2.24, 2.45) is 5.41 Å². The van der Waals surface area contributed by atoms with Gasteiger partial charge in [-0.1, -0.05) is 12.1 Å². The van der Waals surface area contributed by atoms with Gasteiger partial charge in [0.1, 0.15) is 22.8 Å². The molecule has 7 rings (SSSR count). The number of fused-ring (bicyclic) bond motifs is 1. The van der Waals surface area contributed by atoms with Crippen LogP contribution in [0.2, 0.25) is 0 Å². The fourth-order valence-corrected chi connectivity index (χ4v) is 5.82. The van der Waals surface area contributed by atoms with Gasteiger partial charge in [-0.3, -0.25) is 24.2 Å². The average Bonchev–Trinajstić information content (AvgIpc) is 3.29. The third-order valence-corrected chi connectivity index (χ3v) is 7.56. The van der Waals surface area contributed by atoms with E-state index in [1.54, 1.807) is 18.5 Å². The van der Waals surface area contributed by atoms with E-state index in [1.165, 1.54) is 17.8 Å². The van der Waals surface area contributed by atoms with Crippen molar-refractivity contribution in [3.8, 4) is 28.3 Å². The topological polar surface area (TPSA) is 106 Å². The summed E-state index contributed by atoms with van der Waals surface area (Å²) in [6.07, 6.45) is 5.41. The third kappa shape index (κ3) is 4.09. The monoisotopic (exact) mass is 520 g/mol. The Balaban J connectivity index is 1.24. The molecule has 10 heteroatoms. The molecule has 1 aromatic carbocycles. The fourth-order valence-electron chi connectivity index (χ4n) is 5.82. The van der Waals surface area contributed by atoms with Crippen LogP contribution in [-0.4, -0.2) is 66.9 Å². The van der Waals surface area contributed by atoms with Crippen molar-refractivity contribution in [1.82, 2.24) is 34.3 Å². The highest BCUT2D eigenvalue weighted by molar-refractivity contribution is 5.87. The molecule has 9 nitrogen and oxygen atoms in total. The summed E-state index contributed by atoms with van der Waals surface area (Å²) in [4.78, 5) is 33.1. The van der Waals surface area contributed by atoms with Crippen LogP contribution in [0.25, 0.3) is 39.5 Å². The number of aromatic nitrogens is 5. The maximum absolute atomic E-state index is 13.5. The third-order valence-electron chi connectivity index (χ3n) is 7.56. The van der Waals surface area contributed by atoms with Gasteiger partial charge in [-0.15, -0.1) is 0 Å². The van der Waals surface area contributed by atoms with Crippen LogP contribution in [0.4, 0.5) is 10.2 Å². The van der Waals surface area contributed by atoms with Gasteiger partial charge in [-0.05, 0) is 48.0 Å². The second-order valence-electron chi connectivity index (χ2n) is 10.4. The SMILES string of the molecule is Nc1ncccc1-c1cc2ncc(-c3ccc(F)cn3)nc2n1-c1ccc(CN2CC3(CN(C=O)C3)C2)cc1. The highest BCUT2D eigenvalue weighted by Gasteiger charge is 2.51. The van der Waals surface area contributed by atoms with Crippen molar-refractivity contribution in [3.05, 3.63) is 84.6 Å². The summed E-state index contributed by atoms with van der Waals surface area (Å²) in [5, 5.41) is 0. The number of nitrogen functional groups attached to an aromatic ring is 1. The first-order valence-corrected chi connectivity index (χ1v) is 12.7. The number of nitrogens with two attached hydrogens (primary N) is 1. The Hall–Kier alpha value is -4.70. The first-order chi connectivity index (χ1) is 19.0. The Kier molecular flexibility index (Phi) is 5.38. The summed E-state index contributed by atoms with van der Waals surface area (Å²) < 4.78 is 15.5. The van der Waals surface area contributed by atoms with Crippen LogP contribution in [0.1, 0.15) is 5.56 Å². The van der Waals surface area contributed by atoms with Crippen LogP contribution >= 0.6 is 0 Å². The van der Waals surface area contributed by atoms with Crippen LogP contribution in [0.15, 0.2) is 73.2 Å². The molecule has 2 saturated heterocycles. The quantitative estimate of drug-likeness (QED) is 0.342. The number of pyridine rings is 2. The highest BCUT2D eigenvalue weighted by Crippen LogP contribution is 2.39. The van der Waals surface area contributed by atoms with Crippen molar-refractivity contribution in [1.29, 1.82) is 0 Å². The van der Waals surface area contributed by atoms with E-state index in [4.69, 9.17) is 10.7 Å². The van der Waals surface area contributed by atoms with Crippen LogP contribution in [0.5, 0.6) is 0 Å². The minimum Gasteiger partial charge on any atom is -0.383 e. The maximum atomic E-state index is 13.5. The number of hydrogen-bond acceptors (Lipinski definition) is 7. The molecule has 4 aromatic heterocycles. The molecule has 0 saturated carbocycles. The predicted octanol–water partition coefficient (Wildman–Crippen LogP) is 3.54. The smallest absolute Gasteiger partial charge is 0.209 e. The first-order valence-electron chi connectivity index (χ1n) is 12.7. The number of hydrogen-bond donors (Lipinski definition) is 1. The van der Waals surface area contributed by atoms with Gasteiger partial charge in [-0.2, -0.15) is 0 Å². The summed E-state index contributed by atoms with van der Waals surface area (Å²) in [7, 11) is 0. The van der Waals surface area contributed by atoms with Crippen LogP contribution in [0, 0.1) is 11.2 Å². The first kappa shape index (κ1) is 23.4. The van der Waals surface area contributed by atoms with Crippen molar-refractivity contribution >= 4 is 23.4 Å². The van der Waals surface area contributed by atoms with Gasteiger partial charge in [0.2, 0.25) is 6.41 Å². The maximum Gasteiger partial charge on any atom is 0.209 e. The van der Waals surface area contributed by atoms with Gasteiger partial charge >= 0.3 is 0 Å². The van der Waals surface area contributed by atoms with Gasteiger partial charge in [0, 0.05) is 55.6 Å². The van der Waals surface area contributed by atoms with E-state index in [1.807, 2.05) is 27.7 Å². The van der Waals surface area contributed by atoms with Crippen LogP contribution in [0.3, 0.4) is 0 Å². The van der Waals surface area contributed by atoms with Gasteiger partial charge < -0.3 is 10.6 Å².